The average molecular weight is 254 g/mol. The number of rotatable bonds is 3. The highest BCUT2D eigenvalue weighted by Gasteiger charge is 2.21. The molecule has 1 aliphatic carbocycles. The molecule has 4 heteroatoms. The molecule has 0 aromatic heterocycles. The van der Waals surface area contributed by atoms with E-state index in [1.807, 2.05) is 11.8 Å². The van der Waals surface area contributed by atoms with Crippen molar-refractivity contribution in [3.05, 3.63) is 24.0 Å². The molecule has 1 saturated carbocycles. The summed E-state index contributed by atoms with van der Waals surface area (Å²) in [7, 11) is 0. The summed E-state index contributed by atoms with van der Waals surface area (Å²) in [5.74, 6) is -0.237. The summed E-state index contributed by atoms with van der Waals surface area (Å²) in [5, 5.41) is 4.09. The van der Waals surface area contributed by atoms with Gasteiger partial charge in [0.25, 0.3) is 0 Å². The monoisotopic (exact) mass is 254 g/mol. The summed E-state index contributed by atoms with van der Waals surface area (Å²) in [5.41, 5.74) is 7.20. The Morgan fingerprint density at radius 1 is 1.41 bits per heavy atom. The molecule has 0 radical (unpaired) electrons. The van der Waals surface area contributed by atoms with Crippen molar-refractivity contribution in [3.8, 4) is 0 Å². The Morgan fingerprint density at radius 2 is 2.24 bits per heavy atom. The van der Waals surface area contributed by atoms with Crippen molar-refractivity contribution in [1.29, 1.82) is 0 Å². The zero-order valence-corrected chi connectivity index (χ0v) is 10.9. The summed E-state index contributed by atoms with van der Waals surface area (Å²) in [6, 6.07) is 4.92. The lowest BCUT2D eigenvalue weighted by Gasteiger charge is -2.29. The van der Waals surface area contributed by atoms with Crippen LogP contribution in [0.1, 0.15) is 25.7 Å². The first kappa shape index (κ1) is 12.6. The Bertz CT molecular complexity index is 384. The number of thioether (sulfide) groups is 1. The van der Waals surface area contributed by atoms with Crippen LogP contribution in [0.25, 0.3) is 0 Å². The number of benzene rings is 1. The fraction of sp³-hybridized carbons (Fsp3) is 0.538. The standard InChI is InChI=1S/C13H19FN2S/c1-17-11-4-2-3-10(8-11)16-13-7-9(14)5-6-12(13)15/h5-7,10-11,16H,2-4,8,15H2,1H3. The third-order valence-electron chi connectivity index (χ3n) is 3.33. The van der Waals surface area contributed by atoms with Crippen molar-refractivity contribution < 1.29 is 4.39 Å². The molecule has 3 N–H and O–H groups in total. The van der Waals surface area contributed by atoms with Crippen molar-refractivity contribution in [3.63, 3.8) is 0 Å². The maximum Gasteiger partial charge on any atom is 0.125 e. The minimum Gasteiger partial charge on any atom is -0.397 e. The zero-order chi connectivity index (χ0) is 12.3. The van der Waals surface area contributed by atoms with E-state index in [0.717, 1.165) is 23.8 Å². The van der Waals surface area contributed by atoms with Crippen LogP contribution in [0.15, 0.2) is 18.2 Å². The van der Waals surface area contributed by atoms with Crippen LogP contribution in [-0.4, -0.2) is 17.5 Å². The number of hydrogen-bond donors (Lipinski definition) is 2. The zero-order valence-electron chi connectivity index (χ0n) is 10.1. The van der Waals surface area contributed by atoms with E-state index < -0.39 is 0 Å². The molecule has 0 amide bonds. The van der Waals surface area contributed by atoms with Gasteiger partial charge < -0.3 is 11.1 Å². The van der Waals surface area contributed by atoms with Crippen LogP contribution in [0.2, 0.25) is 0 Å². The van der Waals surface area contributed by atoms with E-state index in [2.05, 4.69) is 11.6 Å². The highest BCUT2D eigenvalue weighted by atomic mass is 32.2. The summed E-state index contributed by atoms with van der Waals surface area (Å²) in [6.07, 6.45) is 6.96. The van der Waals surface area contributed by atoms with Gasteiger partial charge >= 0.3 is 0 Å². The molecule has 94 valence electrons. The second-order valence-corrected chi connectivity index (χ2v) is 5.74. The molecule has 2 unspecified atom stereocenters. The maximum atomic E-state index is 13.1. The molecule has 17 heavy (non-hydrogen) atoms. The van der Waals surface area contributed by atoms with Crippen LogP contribution in [0, 0.1) is 5.82 Å². The van der Waals surface area contributed by atoms with E-state index in [-0.39, 0.29) is 5.82 Å². The number of nitrogens with two attached hydrogens (primary N) is 1. The van der Waals surface area contributed by atoms with Crippen molar-refractivity contribution >= 4 is 23.1 Å². The maximum absolute atomic E-state index is 13.1. The van der Waals surface area contributed by atoms with Crippen LogP contribution >= 0.6 is 11.8 Å². The topological polar surface area (TPSA) is 38.0 Å². The van der Waals surface area contributed by atoms with Gasteiger partial charge in [-0.15, -0.1) is 0 Å². The van der Waals surface area contributed by atoms with Gasteiger partial charge in [-0.3, -0.25) is 0 Å². The van der Waals surface area contributed by atoms with Gasteiger partial charge in [0.05, 0.1) is 11.4 Å². The van der Waals surface area contributed by atoms with E-state index in [4.69, 9.17) is 5.73 Å². The lowest BCUT2D eigenvalue weighted by Crippen LogP contribution is -2.28. The van der Waals surface area contributed by atoms with Crippen molar-refractivity contribution in [1.82, 2.24) is 0 Å². The lowest BCUT2D eigenvalue weighted by molar-refractivity contribution is 0.473. The number of nitrogens with one attached hydrogen (secondary N) is 1. The average Bonchev–Trinajstić information content (AvgIpc) is 2.34. The summed E-state index contributed by atoms with van der Waals surface area (Å²) >= 11 is 1.92. The minimum absolute atomic E-state index is 0.237. The summed E-state index contributed by atoms with van der Waals surface area (Å²) in [6.45, 7) is 0. The lowest BCUT2D eigenvalue weighted by atomic mass is 9.94. The predicted octanol–water partition coefficient (Wildman–Crippen LogP) is 3.49. The van der Waals surface area contributed by atoms with Crippen LogP contribution in [0.4, 0.5) is 15.8 Å². The fourth-order valence-electron chi connectivity index (χ4n) is 2.36. The molecular formula is C13H19FN2S. The highest BCUT2D eigenvalue weighted by Crippen LogP contribution is 2.30. The minimum atomic E-state index is -0.237. The van der Waals surface area contributed by atoms with Gasteiger partial charge in [-0.05, 0) is 43.7 Å². The molecule has 1 fully saturated rings. The van der Waals surface area contributed by atoms with E-state index >= 15 is 0 Å². The molecule has 0 heterocycles. The number of nitrogen functional groups attached to an aromatic ring is 1. The van der Waals surface area contributed by atoms with Gasteiger partial charge in [0.15, 0.2) is 0 Å². The summed E-state index contributed by atoms with van der Waals surface area (Å²) in [4.78, 5) is 0. The van der Waals surface area contributed by atoms with Crippen LogP contribution < -0.4 is 11.1 Å². The van der Waals surface area contributed by atoms with Crippen LogP contribution in [0.5, 0.6) is 0 Å². The molecule has 1 aliphatic rings. The van der Waals surface area contributed by atoms with Gasteiger partial charge in [-0.1, -0.05) is 6.42 Å². The SMILES string of the molecule is CSC1CCCC(Nc2cc(F)ccc2N)C1. The molecule has 1 aromatic carbocycles. The smallest absolute Gasteiger partial charge is 0.125 e. The first-order valence-corrected chi connectivity index (χ1v) is 7.32. The molecular weight excluding hydrogens is 235 g/mol. The second kappa shape index (κ2) is 5.63. The molecule has 0 spiro atoms. The first-order valence-electron chi connectivity index (χ1n) is 6.03. The fourth-order valence-corrected chi connectivity index (χ4v) is 3.19. The Morgan fingerprint density at radius 3 is 3.00 bits per heavy atom. The molecule has 1 aromatic rings. The van der Waals surface area contributed by atoms with Gasteiger partial charge in [0.1, 0.15) is 5.82 Å². The Labute approximate surface area is 106 Å². The Hall–Kier alpha value is -0.900. The van der Waals surface area contributed by atoms with Crippen LogP contribution in [0.3, 0.4) is 0 Å². The largest absolute Gasteiger partial charge is 0.397 e. The second-order valence-electron chi connectivity index (χ2n) is 4.60. The third-order valence-corrected chi connectivity index (χ3v) is 4.43. The third kappa shape index (κ3) is 3.28. The molecule has 0 saturated heterocycles. The van der Waals surface area contributed by atoms with Crippen molar-refractivity contribution in [2.75, 3.05) is 17.3 Å². The van der Waals surface area contributed by atoms with Gasteiger partial charge in [0.2, 0.25) is 0 Å². The molecule has 2 rings (SSSR count). The summed E-state index contributed by atoms with van der Waals surface area (Å²) < 4.78 is 13.1. The quantitative estimate of drug-likeness (QED) is 0.811. The molecule has 0 aliphatic heterocycles. The van der Waals surface area contributed by atoms with Crippen LogP contribution in [-0.2, 0) is 0 Å². The van der Waals surface area contributed by atoms with E-state index in [1.165, 1.54) is 25.0 Å². The van der Waals surface area contributed by atoms with Crippen molar-refractivity contribution in [2.24, 2.45) is 0 Å². The molecule has 0 bridgehead atoms. The van der Waals surface area contributed by atoms with Crippen molar-refractivity contribution in [2.45, 2.75) is 37.0 Å². The Balaban J connectivity index is 2.02. The van der Waals surface area contributed by atoms with Gasteiger partial charge in [-0.2, -0.15) is 11.8 Å². The normalized spacial score (nSPS) is 24.6. The first-order chi connectivity index (χ1) is 8.19. The van der Waals surface area contributed by atoms with E-state index in [0.29, 0.717) is 11.7 Å². The predicted molar refractivity (Wildman–Crippen MR) is 74.0 cm³/mol. The number of anilines is 2. The van der Waals surface area contributed by atoms with E-state index in [9.17, 15) is 4.39 Å². The number of halogens is 1. The van der Waals surface area contributed by atoms with Gasteiger partial charge in [-0.25, -0.2) is 4.39 Å². The molecule has 2 nitrogen and oxygen atoms in total. The van der Waals surface area contributed by atoms with E-state index in [1.54, 1.807) is 6.07 Å². The number of hydrogen-bond acceptors (Lipinski definition) is 3. The molecule has 2 atom stereocenters. The van der Waals surface area contributed by atoms with Gasteiger partial charge in [0, 0.05) is 11.3 Å². The Kier molecular flexibility index (Phi) is 4.15. The highest BCUT2D eigenvalue weighted by molar-refractivity contribution is 7.99.